The summed E-state index contributed by atoms with van der Waals surface area (Å²) in [7, 11) is 0. The molecule has 168 valence electrons. The Bertz CT molecular complexity index is 1160. The number of anilines is 1. The van der Waals surface area contributed by atoms with Crippen LogP contribution >= 0.6 is 12.2 Å². The molecule has 4 aromatic rings. The zero-order valence-electron chi connectivity index (χ0n) is 18.3. The molecule has 3 aromatic heterocycles. The van der Waals surface area contributed by atoms with Gasteiger partial charge in [0.25, 0.3) is 0 Å². The first kappa shape index (κ1) is 21.3. The van der Waals surface area contributed by atoms with E-state index in [2.05, 4.69) is 61.6 Å². The molecule has 0 radical (unpaired) electrons. The van der Waals surface area contributed by atoms with Gasteiger partial charge in [0.15, 0.2) is 5.11 Å². The van der Waals surface area contributed by atoms with E-state index >= 15 is 0 Å². The first-order chi connectivity index (χ1) is 16.3. The van der Waals surface area contributed by atoms with Crippen molar-refractivity contribution in [2.24, 2.45) is 0 Å². The number of nitrogens with zero attached hydrogens (tertiary/aromatic N) is 3. The van der Waals surface area contributed by atoms with Gasteiger partial charge in [0, 0.05) is 36.9 Å². The normalized spacial score (nSPS) is 17.8. The molecule has 2 N–H and O–H groups in total. The second kappa shape index (κ2) is 9.92. The van der Waals surface area contributed by atoms with Gasteiger partial charge < -0.3 is 24.5 Å². The van der Waals surface area contributed by atoms with Crippen LogP contribution in [0, 0.1) is 0 Å². The molecule has 0 amide bonds. The lowest BCUT2D eigenvalue weighted by Crippen LogP contribution is -2.32. The molecule has 1 fully saturated rings. The molecule has 6 nitrogen and oxygen atoms in total. The first-order valence-corrected chi connectivity index (χ1v) is 11.6. The number of rotatable bonds is 9. The van der Waals surface area contributed by atoms with Crippen LogP contribution in [-0.2, 0) is 6.54 Å². The van der Waals surface area contributed by atoms with Gasteiger partial charge >= 0.3 is 0 Å². The molecule has 1 aliphatic heterocycles. The van der Waals surface area contributed by atoms with Gasteiger partial charge in [-0.2, -0.15) is 0 Å². The highest BCUT2D eigenvalue weighted by molar-refractivity contribution is 7.80. The predicted octanol–water partition coefficient (Wildman–Crippen LogP) is 5.00. The summed E-state index contributed by atoms with van der Waals surface area (Å²) in [6.45, 7) is 2.39. The smallest absolute Gasteiger partial charge is 0.170 e. The molecule has 1 aromatic carbocycles. The number of thiocarbonyl (C=S) groups is 1. The minimum Gasteiger partial charge on any atom is -0.467 e. The minimum absolute atomic E-state index is 0.0222. The Kier molecular flexibility index (Phi) is 6.39. The molecule has 33 heavy (non-hydrogen) atoms. The number of nitrogens with one attached hydrogen (secondary N) is 2. The standard InChI is InChI=1S/C26H27N5OS/c33-26-29-24(22-12-4-5-14-28-22)25(23-13-6-16-30(23)19-21-11-7-18-32-21)31(26)17-8-15-27-20-9-2-1-3-10-20/h1-7,9-14,16,18,24-25,27H,8,15,17,19H2,(H,29,33)/t24-,25-/m0/s1. The third-order valence-electron chi connectivity index (χ3n) is 5.95. The maximum absolute atomic E-state index is 5.81. The van der Waals surface area contributed by atoms with Crippen LogP contribution in [0.1, 0.15) is 35.7 Å². The van der Waals surface area contributed by atoms with E-state index in [9.17, 15) is 0 Å². The predicted molar refractivity (Wildman–Crippen MR) is 134 cm³/mol. The molecule has 0 spiro atoms. The highest BCUT2D eigenvalue weighted by atomic mass is 32.1. The van der Waals surface area contributed by atoms with Gasteiger partial charge in [-0.25, -0.2) is 0 Å². The summed E-state index contributed by atoms with van der Waals surface area (Å²) in [5.41, 5.74) is 3.31. The summed E-state index contributed by atoms with van der Waals surface area (Å²) in [6, 6.07) is 24.5. The van der Waals surface area contributed by atoms with E-state index in [-0.39, 0.29) is 12.1 Å². The number of pyridine rings is 1. The van der Waals surface area contributed by atoms with E-state index in [4.69, 9.17) is 16.6 Å². The molecule has 2 atom stereocenters. The molecule has 1 saturated heterocycles. The Morgan fingerprint density at radius 1 is 1.00 bits per heavy atom. The molecule has 5 rings (SSSR count). The number of hydrogen-bond acceptors (Lipinski definition) is 4. The van der Waals surface area contributed by atoms with Crippen LogP contribution in [0.4, 0.5) is 5.69 Å². The Morgan fingerprint density at radius 3 is 2.67 bits per heavy atom. The number of furan rings is 1. The maximum Gasteiger partial charge on any atom is 0.170 e. The average molecular weight is 458 g/mol. The summed E-state index contributed by atoms with van der Waals surface area (Å²) in [5.74, 6) is 0.925. The van der Waals surface area contributed by atoms with E-state index in [1.807, 2.05) is 48.7 Å². The van der Waals surface area contributed by atoms with Gasteiger partial charge in [0.05, 0.1) is 30.6 Å². The molecule has 0 saturated carbocycles. The van der Waals surface area contributed by atoms with Crippen LogP contribution in [0.25, 0.3) is 0 Å². The number of para-hydroxylation sites is 1. The van der Waals surface area contributed by atoms with Crippen molar-refractivity contribution in [1.29, 1.82) is 0 Å². The second-order valence-corrected chi connectivity index (χ2v) is 8.49. The van der Waals surface area contributed by atoms with Crippen molar-refractivity contribution in [1.82, 2.24) is 19.8 Å². The van der Waals surface area contributed by atoms with Crippen LogP contribution in [-0.4, -0.2) is 32.7 Å². The molecule has 0 unspecified atom stereocenters. The SMILES string of the molecule is S=C1N[C@@H](c2ccccn2)[C@H](c2cccn2Cc2ccco2)N1CCCNc1ccccc1. The van der Waals surface area contributed by atoms with E-state index < -0.39 is 0 Å². The lowest BCUT2D eigenvalue weighted by Gasteiger charge is -2.29. The fourth-order valence-corrected chi connectivity index (χ4v) is 4.75. The Morgan fingerprint density at radius 2 is 1.88 bits per heavy atom. The quantitative estimate of drug-likeness (QED) is 0.273. The van der Waals surface area contributed by atoms with Crippen LogP contribution in [0.15, 0.2) is 95.9 Å². The number of aromatic nitrogens is 2. The average Bonchev–Trinajstić information content (AvgIpc) is 3.59. The minimum atomic E-state index is -0.0222. The van der Waals surface area contributed by atoms with Gasteiger partial charge in [-0.3, -0.25) is 4.98 Å². The van der Waals surface area contributed by atoms with Gasteiger partial charge in [-0.15, -0.1) is 0 Å². The zero-order chi connectivity index (χ0) is 22.5. The van der Waals surface area contributed by atoms with E-state index in [1.165, 1.54) is 5.69 Å². The molecule has 0 bridgehead atoms. The third-order valence-corrected chi connectivity index (χ3v) is 6.30. The van der Waals surface area contributed by atoms with E-state index in [0.717, 1.165) is 41.8 Å². The summed E-state index contributed by atoms with van der Waals surface area (Å²) in [6.07, 6.45) is 6.61. The highest BCUT2D eigenvalue weighted by Gasteiger charge is 2.40. The Hall–Kier alpha value is -3.58. The number of hydrogen-bond donors (Lipinski definition) is 2. The Balaban J connectivity index is 1.37. The van der Waals surface area contributed by atoms with Crippen molar-refractivity contribution in [3.05, 3.63) is 109 Å². The summed E-state index contributed by atoms with van der Waals surface area (Å²) >= 11 is 5.81. The zero-order valence-corrected chi connectivity index (χ0v) is 19.1. The molecule has 1 aliphatic rings. The van der Waals surface area contributed by atoms with Crippen LogP contribution in [0.3, 0.4) is 0 Å². The lowest BCUT2D eigenvalue weighted by molar-refractivity contribution is 0.302. The molecule has 7 heteroatoms. The van der Waals surface area contributed by atoms with Crippen molar-refractivity contribution in [3.8, 4) is 0 Å². The van der Waals surface area contributed by atoms with Gasteiger partial charge in [-0.1, -0.05) is 24.3 Å². The van der Waals surface area contributed by atoms with Crippen molar-refractivity contribution in [3.63, 3.8) is 0 Å². The van der Waals surface area contributed by atoms with Gasteiger partial charge in [0.2, 0.25) is 0 Å². The summed E-state index contributed by atoms with van der Waals surface area (Å²) in [4.78, 5) is 6.94. The summed E-state index contributed by atoms with van der Waals surface area (Å²) in [5, 5.41) is 7.80. The van der Waals surface area contributed by atoms with Crippen molar-refractivity contribution in [2.75, 3.05) is 18.4 Å². The fourth-order valence-electron chi connectivity index (χ4n) is 4.42. The van der Waals surface area contributed by atoms with Crippen molar-refractivity contribution in [2.45, 2.75) is 25.0 Å². The van der Waals surface area contributed by atoms with Crippen LogP contribution in [0.2, 0.25) is 0 Å². The lowest BCUT2D eigenvalue weighted by atomic mass is 10.0. The Labute approximate surface area is 199 Å². The summed E-state index contributed by atoms with van der Waals surface area (Å²) < 4.78 is 7.85. The topological polar surface area (TPSA) is 58.3 Å². The van der Waals surface area contributed by atoms with Crippen LogP contribution in [0.5, 0.6) is 0 Å². The van der Waals surface area contributed by atoms with Crippen molar-refractivity contribution < 1.29 is 4.42 Å². The highest BCUT2D eigenvalue weighted by Crippen LogP contribution is 2.39. The van der Waals surface area contributed by atoms with E-state index in [1.54, 1.807) is 6.26 Å². The van der Waals surface area contributed by atoms with Gasteiger partial charge in [-0.05, 0) is 67.2 Å². The van der Waals surface area contributed by atoms with Crippen LogP contribution < -0.4 is 10.6 Å². The second-order valence-electron chi connectivity index (χ2n) is 8.11. The van der Waals surface area contributed by atoms with Crippen molar-refractivity contribution >= 4 is 23.0 Å². The maximum atomic E-state index is 5.81. The molecular weight excluding hydrogens is 430 g/mol. The largest absolute Gasteiger partial charge is 0.467 e. The fraction of sp³-hybridized carbons (Fsp3) is 0.231. The molecular formula is C26H27N5OS. The molecule has 4 heterocycles. The molecule has 0 aliphatic carbocycles. The first-order valence-electron chi connectivity index (χ1n) is 11.2. The number of benzene rings is 1. The van der Waals surface area contributed by atoms with E-state index in [0.29, 0.717) is 6.54 Å². The third kappa shape index (κ3) is 4.78. The van der Waals surface area contributed by atoms with Gasteiger partial charge in [0.1, 0.15) is 5.76 Å². The monoisotopic (exact) mass is 457 g/mol.